The lowest BCUT2D eigenvalue weighted by atomic mass is 10.0. The first-order chi connectivity index (χ1) is 22.7. The molecule has 1 unspecified atom stereocenters. The van der Waals surface area contributed by atoms with Gasteiger partial charge in [-0.3, -0.25) is 13.2 Å². The molecule has 0 N–H and O–H groups in total. The first-order valence-corrected chi connectivity index (χ1v) is 18.8. The van der Waals surface area contributed by atoms with Crippen LogP contribution >= 0.6 is 0 Å². The topological polar surface area (TPSA) is 87.5 Å². The Morgan fingerprint density at radius 3 is 2.34 bits per heavy atom. The minimum absolute atomic E-state index is 0.0680. The highest BCUT2D eigenvalue weighted by atomic mass is 32.2. The van der Waals surface area contributed by atoms with Crippen molar-refractivity contribution in [1.82, 2.24) is 9.55 Å². The molecule has 0 aliphatic rings. The second-order valence-corrected chi connectivity index (χ2v) is 15.0. The number of benzene rings is 3. The normalized spacial score (nSPS) is 12.9. The van der Waals surface area contributed by atoms with E-state index in [0.717, 1.165) is 65.4 Å². The van der Waals surface area contributed by atoms with Gasteiger partial charge in [-0.1, -0.05) is 63.6 Å². The van der Waals surface area contributed by atoms with Crippen molar-refractivity contribution in [3.63, 3.8) is 0 Å². The summed E-state index contributed by atoms with van der Waals surface area (Å²) < 4.78 is 39.6. The average molecular weight is 675 g/mol. The van der Waals surface area contributed by atoms with E-state index in [2.05, 4.69) is 11.9 Å². The van der Waals surface area contributed by atoms with Gasteiger partial charge in [0.15, 0.2) is 5.78 Å². The van der Waals surface area contributed by atoms with E-state index >= 15 is 0 Å². The van der Waals surface area contributed by atoms with Crippen LogP contribution in [0.4, 0.5) is 0 Å². The molecule has 250 valence electrons. The predicted octanol–water partition coefficient (Wildman–Crippen LogP) is 7.72. The van der Waals surface area contributed by atoms with Crippen LogP contribution in [0, 0.1) is 6.92 Å². The van der Waals surface area contributed by atoms with E-state index in [-0.39, 0.29) is 17.5 Å². The molecule has 4 rings (SSSR count). The van der Waals surface area contributed by atoms with Gasteiger partial charge < -0.3 is 14.0 Å². The number of nitrogens with zero attached hydrogens (tertiary/aromatic N) is 2. The molecule has 0 amide bonds. The molecule has 7 nitrogen and oxygen atoms in total. The highest BCUT2D eigenvalue weighted by molar-refractivity contribution is 7.85. The number of hydrogen-bond acceptors (Lipinski definition) is 6. The number of rotatable bonds is 18. The fourth-order valence-electron chi connectivity index (χ4n) is 4.98. The molecule has 0 aliphatic heterocycles. The molecule has 47 heavy (non-hydrogen) atoms. The van der Waals surface area contributed by atoms with Crippen LogP contribution in [-0.2, 0) is 49.8 Å². The number of carbonyl (C=O) groups excluding carboxylic acids is 1. The maximum absolute atomic E-state index is 13.2. The maximum atomic E-state index is 13.2. The number of ketones is 1. The number of unbranched alkanes of at least 4 members (excludes halogenated alkanes) is 1. The quantitative estimate of drug-likeness (QED) is 0.0794. The minimum Gasteiger partial charge on any atom is -0.491 e. The smallest absolute Gasteiger partial charge is 0.160 e. The predicted molar refractivity (Wildman–Crippen MR) is 192 cm³/mol. The summed E-state index contributed by atoms with van der Waals surface area (Å²) in [6.45, 7) is 12.5. The van der Waals surface area contributed by atoms with Crippen LogP contribution in [0.1, 0.15) is 63.1 Å². The van der Waals surface area contributed by atoms with Crippen molar-refractivity contribution >= 4 is 33.5 Å². The van der Waals surface area contributed by atoms with Crippen LogP contribution < -0.4 is 4.74 Å². The van der Waals surface area contributed by atoms with Gasteiger partial charge in [0.05, 0.1) is 51.7 Å². The zero-order valence-corrected chi connectivity index (χ0v) is 29.7. The van der Waals surface area contributed by atoms with Crippen LogP contribution in [0.5, 0.6) is 5.75 Å². The third-order valence-corrected chi connectivity index (χ3v) is 10.8. The third kappa shape index (κ3) is 10.4. The fraction of sp³-hybridized carbons (Fsp3) is 0.368. The van der Waals surface area contributed by atoms with Crippen molar-refractivity contribution in [3.05, 3.63) is 102 Å². The summed E-state index contributed by atoms with van der Waals surface area (Å²) in [5.41, 5.74) is 5.40. The highest BCUT2D eigenvalue weighted by Crippen LogP contribution is 2.28. The first kappa shape index (κ1) is 36.2. The number of aromatic nitrogens is 2. The summed E-state index contributed by atoms with van der Waals surface area (Å²) in [5, 5.41) is -0.0680. The van der Waals surface area contributed by atoms with Crippen molar-refractivity contribution in [1.29, 1.82) is 0 Å². The van der Waals surface area contributed by atoms with Crippen LogP contribution in [0.3, 0.4) is 0 Å². The van der Waals surface area contributed by atoms with Gasteiger partial charge in [-0.15, -0.1) is 0 Å². The van der Waals surface area contributed by atoms with Gasteiger partial charge in [-0.05, 0) is 85.0 Å². The number of allylic oxidation sites excluding steroid dienone is 1. The largest absolute Gasteiger partial charge is 0.491 e. The summed E-state index contributed by atoms with van der Waals surface area (Å²) >= 11 is 0. The van der Waals surface area contributed by atoms with Crippen molar-refractivity contribution in [3.8, 4) is 16.9 Å². The van der Waals surface area contributed by atoms with Crippen molar-refractivity contribution < 1.29 is 22.7 Å². The second-order valence-electron chi connectivity index (χ2n) is 11.6. The number of hydrogen-bond donors (Lipinski definition) is 0. The van der Waals surface area contributed by atoms with Gasteiger partial charge in [0.1, 0.15) is 12.4 Å². The van der Waals surface area contributed by atoms with E-state index in [4.69, 9.17) is 9.47 Å². The highest BCUT2D eigenvalue weighted by Gasteiger charge is 2.15. The molecule has 2 atom stereocenters. The Hall–Kier alpha value is -3.66. The van der Waals surface area contributed by atoms with Crippen LogP contribution in [-0.4, -0.2) is 48.8 Å². The summed E-state index contributed by atoms with van der Waals surface area (Å²) in [4.78, 5) is 18.8. The van der Waals surface area contributed by atoms with Crippen LogP contribution in [0.25, 0.3) is 17.2 Å². The van der Waals surface area contributed by atoms with E-state index in [9.17, 15) is 13.2 Å². The Morgan fingerprint density at radius 1 is 0.936 bits per heavy atom. The zero-order chi connectivity index (χ0) is 33.8. The summed E-state index contributed by atoms with van der Waals surface area (Å²) in [5.74, 6) is 1.09. The molecule has 0 spiro atoms. The van der Waals surface area contributed by atoms with Gasteiger partial charge in [0.2, 0.25) is 0 Å². The standard InChI is InChI=1S/C38H46N2O5S2/c1-6-8-21-44-22-23-45-35-16-12-31(13-17-35)32-14-20-38(47(43)28(3)4)33(25-32)11-15-34(41)24-30-9-18-36(19-10-30)46(42)26-37-29(5)39-27-40(37)7-2/h9-20,25,27-28H,6-8,21-24,26H2,1-5H3/b15-11+/t46-,47?/m0/s1. The average Bonchev–Trinajstić information content (AvgIpc) is 3.43. The van der Waals surface area contributed by atoms with Gasteiger partial charge >= 0.3 is 0 Å². The Morgan fingerprint density at radius 2 is 1.66 bits per heavy atom. The summed E-state index contributed by atoms with van der Waals surface area (Å²) in [6, 6.07) is 21.1. The fourth-order valence-corrected chi connectivity index (χ4v) is 7.28. The second kappa shape index (κ2) is 18.0. The SMILES string of the molecule is CCCCOCCOc1ccc(-c2ccc(S(=O)C(C)C)c(/C=C/C(=O)Cc3ccc([S@@](=O)Cc4c(C)ncn4CC)cc3)c2)cc1. The summed E-state index contributed by atoms with van der Waals surface area (Å²) in [6.07, 6.45) is 7.47. The Labute approximate surface area is 284 Å². The molecular weight excluding hydrogens is 629 g/mol. The number of carbonyl (C=O) groups is 1. The molecule has 0 aliphatic carbocycles. The van der Waals surface area contributed by atoms with E-state index in [1.54, 1.807) is 18.5 Å². The molecule has 0 bridgehead atoms. The zero-order valence-electron chi connectivity index (χ0n) is 28.1. The van der Waals surface area contributed by atoms with Gasteiger partial charge in [-0.25, -0.2) is 4.98 Å². The molecule has 9 heteroatoms. The molecule has 0 fully saturated rings. The van der Waals surface area contributed by atoms with Gasteiger partial charge in [0.25, 0.3) is 0 Å². The van der Waals surface area contributed by atoms with Gasteiger partial charge in [-0.2, -0.15) is 0 Å². The Balaban J connectivity index is 1.42. The molecule has 0 saturated heterocycles. The lowest BCUT2D eigenvalue weighted by Crippen LogP contribution is -2.07. The monoisotopic (exact) mass is 674 g/mol. The Kier molecular flexibility index (Phi) is 13.9. The molecule has 3 aromatic carbocycles. The molecule has 0 saturated carbocycles. The molecule has 1 heterocycles. The van der Waals surface area contributed by atoms with E-state index in [1.807, 2.05) is 99.0 Å². The van der Waals surface area contributed by atoms with E-state index in [1.165, 1.54) is 0 Å². The van der Waals surface area contributed by atoms with Crippen LogP contribution in [0.15, 0.2) is 88.9 Å². The van der Waals surface area contributed by atoms with Crippen molar-refractivity contribution in [2.24, 2.45) is 0 Å². The molecular formula is C38H46N2O5S2. The number of aryl methyl sites for hydroxylation is 2. The lowest BCUT2D eigenvalue weighted by Gasteiger charge is -2.12. The van der Waals surface area contributed by atoms with E-state index in [0.29, 0.717) is 28.8 Å². The third-order valence-electron chi connectivity index (χ3n) is 7.76. The molecule has 1 aromatic heterocycles. The van der Waals surface area contributed by atoms with Crippen molar-refractivity contribution in [2.45, 2.75) is 81.2 Å². The minimum atomic E-state index is -1.23. The van der Waals surface area contributed by atoms with Crippen molar-refractivity contribution in [2.75, 3.05) is 19.8 Å². The number of imidazole rings is 1. The van der Waals surface area contributed by atoms with Gasteiger partial charge in [0, 0.05) is 34.6 Å². The molecule has 4 aromatic rings. The summed E-state index contributed by atoms with van der Waals surface area (Å²) in [7, 11) is -2.45. The first-order valence-electron chi connectivity index (χ1n) is 16.2. The van der Waals surface area contributed by atoms with E-state index < -0.39 is 21.6 Å². The maximum Gasteiger partial charge on any atom is 0.160 e. The molecule has 0 radical (unpaired) electrons. The lowest BCUT2D eigenvalue weighted by molar-refractivity contribution is -0.113. The number of ether oxygens (including phenoxy) is 2. The van der Waals surface area contributed by atoms with Crippen LogP contribution in [0.2, 0.25) is 0 Å². The Bertz CT molecular complexity index is 1690.